The number of carbonyl (C=O) groups excluding carboxylic acids is 2. The summed E-state index contributed by atoms with van der Waals surface area (Å²) in [7, 11) is 0. The predicted octanol–water partition coefficient (Wildman–Crippen LogP) is 2.82. The van der Waals surface area contributed by atoms with Crippen molar-refractivity contribution in [2.24, 2.45) is 5.92 Å². The van der Waals surface area contributed by atoms with E-state index in [2.05, 4.69) is 28.7 Å². The number of hydrogen-bond acceptors (Lipinski definition) is 3. The summed E-state index contributed by atoms with van der Waals surface area (Å²) in [5.74, 6) is 1.70. The third-order valence-corrected chi connectivity index (χ3v) is 5.60. The van der Waals surface area contributed by atoms with E-state index in [9.17, 15) is 9.59 Å². The number of nitrogens with one attached hydrogen (secondary N) is 1. The maximum atomic E-state index is 12.5. The molecular weight excluding hydrogens is 328 g/mol. The summed E-state index contributed by atoms with van der Waals surface area (Å²) in [4.78, 5) is 31.4. The van der Waals surface area contributed by atoms with Crippen LogP contribution < -0.4 is 5.32 Å². The molecule has 1 aromatic heterocycles. The molecule has 6 heteroatoms. The molecule has 2 heterocycles. The third-order valence-electron chi connectivity index (χ3n) is 5.60. The van der Waals surface area contributed by atoms with Crippen molar-refractivity contribution in [2.45, 2.75) is 84.3 Å². The number of rotatable bonds is 6. The van der Waals surface area contributed by atoms with Crippen molar-refractivity contribution in [2.75, 3.05) is 6.54 Å². The van der Waals surface area contributed by atoms with Crippen molar-refractivity contribution in [1.29, 1.82) is 0 Å². The van der Waals surface area contributed by atoms with Crippen LogP contribution in [0.5, 0.6) is 0 Å². The van der Waals surface area contributed by atoms with E-state index < -0.39 is 0 Å². The minimum atomic E-state index is -0.0324. The van der Waals surface area contributed by atoms with Gasteiger partial charge in [-0.3, -0.25) is 9.59 Å². The van der Waals surface area contributed by atoms with E-state index in [1.54, 1.807) is 0 Å². The smallest absolute Gasteiger partial charge is 0.226 e. The number of hydrogen-bond donors (Lipinski definition) is 1. The zero-order valence-corrected chi connectivity index (χ0v) is 16.3. The molecule has 26 heavy (non-hydrogen) atoms. The summed E-state index contributed by atoms with van der Waals surface area (Å²) in [6.45, 7) is 7.79. The molecule has 6 nitrogen and oxygen atoms in total. The molecule has 3 rings (SSSR count). The van der Waals surface area contributed by atoms with Crippen molar-refractivity contribution in [3.8, 4) is 0 Å². The average molecular weight is 361 g/mol. The maximum Gasteiger partial charge on any atom is 0.226 e. The zero-order valence-electron chi connectivity index (χ0n) is 16.3. The lowest BCUT2D eigenvalue weighted by atomic mass is 10.1. The Morgan fingerprint density at radius 3 is 2.69 bits per heavy atom. The van der Waals surface area contributed by atoms with Crippen LogP contribution >= 0.6 is 0 Å². The molecule has 144 valence electrons. The second-order valence-electron chi connectivity index (χ2n) is 8.21. The molecule has 1 fully saturated rings. The Morgan fingerprint density at radius 2 is 2.00 bits per heavy atom. The van der Waals surface area contributed by atoms with Gasteiger partial charge in [0.25, 0.3) is 0 Å². The molecule has 0 unspecified atom stereocenters. The molecule has 0 spiro atoms. The van der Waals surface area contributed by atoms with E-state index in [4.69, 9.17) is 0 Å². The Labute approximate surface area is 156 Å². The van der Waals surface area contributed by atoms with Gasteiger partial charge in [-0.25, -0.2) is 4.98 Å². The van der Waals surface area contributed by atoms with Crippen LogP contribution in [-0.2, 0) is 22.6 Å². The average Bonchev–Trinajstić information content (AvgIpc) is 3.22. The minimum absolute atomic E-state index is 0.0324. The summed E-state index contributed by atoms with van der Waals surface area (Å²) in [5.41, 5.74) is 0.804. The molecule has 1 aliphatic carbocycles. The van der Waals surface area contributed by atoms with Gasteiger partial charge < -0.3 is 14.8 Å². The molecule has 0 radical (unpaired) electrons. The van der Waals surface area contributed by atoms with Gasteiger partial charge in [0.05, 0.1) is 18.2 Å². The van der Waals surface area contributed by atoms with Crippen LogP contribution in [0.4, 0.5) is 0 Å². The molecule has 1 atom stereocenters. The van der Waals surface area contributed by atoms with Crippen LogP contribution in [-0.4, -0.2) is 38.9 Å². The topological polar surface area (TPSA) is 67.2 Å². The number of fused-ring (bicyclic) bond motifs is 1. The van der Waals surface area contributed by atoms with Gasteiger partial charge in [0.1, 0.15) is 5.82 Å². The Morgan fingerprint density at radius 1 is 1.27 bits per heavy atom. The lowest BCUT2D eigenvalue weighted by molar-refractivity contribution is -0.134. The lowest BCUT2D eigenvalue weighted by Gasteiger charge is -2.34. The molecule has 0 bridgehead atoms. The fourth-order valence-corrected chi connectivity index (χ4v) is 4.04. The molecule has 1 aromatic rings. The van der Waals surface area contributed by atoms with Gasteiger partial charge in [0, 0.05) is 31.7 Å². The molecular formula is C20H32N4O2. The largest absolute Gasteiger partial charge is 0.353 e. The first-order valence-electron chi connectivity index (χ1n) is 10.1. The third kappa shape index (κ3) is 4.46. The highest BCUT2D eigenvalue weighted by Crippen LogP contribution is 2.26. The van der Waals surface area contributed by atoms with Crippen LogP contribution in [0.15, 0.2) is 6.20 Å². The number of carbonyl (C=O) groups is 2. The van der Waals surface area contributed by atoms with Gasteiger partial charge in [-0.1, -0.05) is 26.7 Å². The van der Waals surface area contributed by atoms with E-state index in [0.29, 0.717) is 24.8 Å². The zero-order chi connectivity index (χ0) is 18.7. The molecule has 2 aliphatic rings. The van der Waals surface area contributed by atoms with Crippen molar-refractivity contribution in [1.82, 2.24) is 19.8 Å². The van der Waals surface area contributed by atoms with E-state index in [0.717, 1.165) is 43.9 Å². The second-order valence-corrected chi connectivity index (χ2v) is 8.21. The summed E-state index contributed by atoms with van der Waals surface area (Å²) < 4.78 is 2.11. The van der Waals surface area contributed by atoms with E-state index in [1.807, 2.05) is 18.0 Å². The fraction of sp³-hybridized carbons (Fsp3) is 0.750. The first-order chi connectivity index (χ1) is 12.4. The number of nitrogens with zero attached hydrogens (tertiary/aromatic N) is 3. The lowest BCUT2D eigenvalue weighted by Crippen LogP contribution is -2.41. The molecule has 1 aliphatic heterocycles. The Hall–Kier alpha value is -1.85. The standard InChI is InChI=1S/C20H32N4O2/c1-14(2)8-9-19(26)24-11-10-23-13-17(22-20(23)15(24)3)12-18(25)21-16-6-4-5-7-16/h13-16H,4-12H2,1-3H3,(H,21,25)/t15-/m1/s1. The highest BCUT2D eigenvalue weighted by Gasteiger charge is 2.29. The molecule has 0 saturated heterocycles. The maximum absolute atomic E-state index is 12.5. The molecule has 0 aromatic carbocycles. The first kappa shape index (κ1) is 18.9. The van der Waals surface area contributed by atoms with Gasteiger partial charge in [0.2, 0.25) is 11.8 Å². The first-order valence-corrected chi connectivity index (χ1v) is 10.1. The van der Waals surface area contributed by atoms with Crippen molar-refractivity contribution in [3.05, 3.63) is 17.7 Å². The van der Waals surface area contributed by atoms with Crippen LogP contribution in [0.1, 0.15) is 76.9 Å². The van der Waals surface area contributed by atoms with E-state index in [1.165, 1.54) is 12.8 Å². The highest BCUT2D eigenvalue weighted by atomic mass is 16.2. The number of aromatic nitrogens is 2. The van der Waals surface area contributed by atoms with Gasteiger partial charge >= 0.3 is 0 Å². The normalized spacial score (nSPS) is 20.5. The van der Waals surface area contributed by atoms with Crippen LogP contribution in [0.2, 0.25) is 0 Å². The Bertz CT molecular complexity index is 646. The van der Waals surface area contributed by atoms with Gasteiger partial charge in [0.15, 0.2) is 0 Å². The highest BCUT2D eigenvalue weighted by molar-refractivity contribution is 5.78. The Balaban J connectivity index is 1.60. The van der Waals surface area contributed by atoms with Gasteiger partial charge in [-0.2, -0.15) is 0 Å². The quantitative estimate of drug-likeness (QED) is 0.848. The van der Waals surface area contributed by atoms with Crippen LogP contribution in [0.25, 0.3) is 0 Å². The summed E-state index contributed by atoms with van der Waals surface area (Å²) in [6, 6.07) is 0.308. The minimum Gasteiger partial charge on any atom is -0.353 e. The summed E-state index contributed by atoms with van der Waals surface area (Å²) in [6.07, 6.45) is 8.43. The van der Waals surface area contributed by atoms with Crippen LogP contribution in [0, 0.1) is 5.92 Å². The van der Waals surface area contributed by atoms with E-state index in [-0.39, 0.29) is 17.9 Å². The van der Waals surface area contributed by atoms with Crippen molar-refractivity contribution in [3.63, 3.8) is 0 Å². The number of imidazole rings is 1. The SMILES string of the molecule is CC(C)CCC(=O)N1CCn2cc(CC(=O)NC3CCCC3)nc2[C@H]1C. The van der Waals surface area contributed by atoms with Crippen molar-refractivity contribution >= 4 is 11.8 Å². The van der Waals surface area contributed by atoms with Gasteiger partial charge in [-0.15, -0.1) is 0 Å². The second kappa shape index (κ2) is 8.23. The van der Waals surface area contributed by atoms with E-state index >= 15 is 0 Å². The summed E-state index contributed by atoms with van der Waals surface area (Å²) >= 11 is 0. The fourth-order valence-electron chi connectivity index (χ4n) is 4.04. The molecule has 1 saturated carbocycles. The summed E-state index contributed by atoms with van der Waals surface area (Å²) in [5, 5.41) is 3.12. The van der Waals surface area contributed by atoms with Crippen LogP contribution in [0.3, 0.4) is 0 Å². The number of amides is 2. The monoisotopic (exact) mass is 360 g/mol. The Kier molecular flexibility index (Phi) is 5.99. The van der Waals surface area contributed by atoms with Crippen molar-refractivity contribution < 1.29 is 9.59 Å². The molecule has 2 amide bonds. The van der Waals surface area contributed by atoms with Gasteiger partial charge in [-0.05, 0) is 32.1 Å². The predicted molar refractivity (Wildman–Crippen MR) is 101 cm³/mol. The molecule has 1 N–H and O–H groups in total.